The van der Waals surface area contributed by atoms with Crippen LogP contribution >= 0.6 is 11.3 Å². The molecule has 2 N–H and O–H groups in total. The normalized spacial score (nSPS) is 17.9. The highest BCUT2D eigenvalue weighted by atomic mass is 32.1. The first-order chi connectivity index (χ1) is 18.5. The van der Waals surface area contributed by atoms with Crippen LogP contribution in [0.4, 0.5) is 11.4 Å². The first kappa shape index (κ1) is 24.1. The van der Waals surface area contributed by atoms with Gasteiger partial charge in [-0.15, -0.1) is 11.3 Å². The number of rotatable bonds is 6. The van der Waals surface area contributed by atoms with Gasteiger partial charge in [0.15, 0.2) is 0 Å². The summed E-state index contributed by atoms with van der Waals surface area (Å²) < 4.78 is 1.91. The fraction of sp³-hybridized carbons (Fsp3) is 0.241. The fourth-order valence-electron chi connectivity index (χ4n) is 5.53. The van der Waals surface area contributed by atoms with Gasteiger partial charge in [0.05, 0.1) is 17.9 Å². The lowest BCUT2D eigenvalue weighted by Gasteiger charge is -2.44. The Morgan fingerprint density at radius 1 is 0.947 bits per heavy atom. The SMILES string of the molecule is O=C(NCc1cccs1)c1ccc(N2CC3CC(C2)c2cccc(=O)n2C3)c(NC(=O)c2ccncc2)c1. The second kappa shape index (κ2) is 10.3. The lowest BCUT2D eigenvalue weighted by molar-refractivity contribution is 0.0950. The van der Waals surface area contributed by atoms with Gasteiger partial charge >= 0.3 is 0 Å². The second-order valence-electron chi connectivity index (χ2n) is 9.79. The summed E-state index contributed by atoms with van der Waals surface area (Å²) in [5.41, 5.74) is 3.52. The van der Waals surface area contributed by atoms with Crippen molar-refractivity contribution in [3.05, 3.63) is 110 Å². The van der Waals surface area contributed by atoms with E-state index >= 15 is 0 Å². The maximum Gasteiger partial charge on any atom is 0.255 e. The van der Waals surface area contributed by atoms with Gasteiger partial charge in [-0.2, -0.15) is 0 Å². The zero-order chi connectivity index (χ0) is 26.1. The van der Waals surface area contributed by atoms with Crippen molar-refractivity contribution in [3.63, 3.8) is 0 Å². The predicted molar refractivity (Wildman–Crippen MR) is 148 cm³/mol. The number of nitrogens with one attached hydrogen (secondary N) is 2. The molecule has 5 heterocycles. The first-order valence-corrected chi connectivity index (χ1v) is 13.5. The van der Waals surface area contributed by atoms with E-state index in [-0.39, 0.29) is 23.3 Å². The van der Waals surface area contributed by atoms with Crippen molar-refractivity contribution in [3.8, 4) is 0 Å². The lowest BCUT2D eigenvalue weighted by atomic mass is 9.83. The average molecular weight is 526 g/mol. The van der Waals surface area contributed by atoms with Gasteiger partial charge in [-0.3, -0.25) is 19.4 Å². The van der Waals surface area contributed by atoms with E-state index < -0.39 is 0 Å². The Kier molecular flexibility index (Phi) is 6.51. The van der Waals surface area contributed by atoms with Gasteiger partial charge < -0.3 is 20.1 Å². The average Bonchev–Trinajstić information content (AvgIpc) is 3.46. The summed E-state index contributed by atoms with van der Waals surface area (Å²) in [6.07, 6.45) is 4.19. The highest BCUT2D eigenvalue weighted by molar-refractivity contribution is 7.09. The summed E-state index contributed by atoms with van der Waals surface area (Å²) in [6, 6.07) is 18.2. The van der Waals surface area contributed by atoms with Crippen molar-refractivity contribution in [2.45, 2.75) is 25.4 Å². The molecular weight excluding hydrogens is 498 g/mol. The van der Waals surface area contributed by atoms with E-state index in [4.69, 9.17) is 0 Å². The molecule has 3 aromatic heterocycles. The molecule has 0 spiro atoms. The molecule has 0 saturated carbocycles. The second-order valence-corrected chi connectivity index (χ2v) is 10.8. The molecule has 2 unspecified atom stereocenters. The molecule has 2 atom stereocenters. The van der Waals surface area contributed by atoms with E-state index in [1.54, 1.807) is 48.0 Å². The van der Waals surface area contributed by atoms with Gasteiger partial charge in [0.25, 0.3) is 17.4 Å². The molecule has 6 rings (SSSR count). The molecule has 1 fully saturated rings. The van der Waals surface area contributed by atoms with Crippen LogP contribution in [0, 0.1) is 5.92 Å². The Hall–Kier alpha value is -4.24. The van der Waals surface area contributed by atoms with Crippen LogP contribution in [0.2, 0.25) is 0 Å². The number of amides is 2. The minimum absolute atomic E-state index is 0.0499. The van der Waals surface area contributed by atoms with E-state index in [2.05, 4.69) is 20.5 Å². The van der Waals surface area contributed by atoms with Crippen LogP contribution in [-0.2, 0) is 13.1 Å². The molecule has 2 aliphatic rings. The van der Waals surface area contributed by atoms with Crippen molar-refractivity contribution < 1.29 is 9.59 Å². The third-order valence-corrected chi connectivity index (χ3v) is 8.15. The number of anilines is 2. The highest BCUT2D eigenvalue weighted by Gasteiger charge is 2.35. The molecule has 192 valence electrons. The summed E-state index contributed by atoms with van der Waals surface area (Å²) in [5, 5.41) is 7.99. The van der Waals surface area contributed by atoms with E-state index in [0.717, 1.165) is 35.8 Å². The van der Waals surface area contributed by atoms with Crippen LogP contribution in [0.1, 0.15) is 43.6 Å². The van der Waals surface area contributed by atoms with Crippen LogP contribution in [0.3, 0.4) is 0 Å². The van der Waals surface area contributed by atoms with Crippen LogP contribution in [0.5, 0.6) is 0 Å². The number of carbonyl (C=O) groups is 2. The number of piperidine rings is 1. The summed E-state index contributed by atoms with van der Waals surface area (Å²) in [4.78, 5) is 45.9. The highest BCUT2D eigenvalue weighted by Crippen LogP contribution is 2.39. The largest absolute Gasteiger partial charge is 0.369 e. The van der Waals surface area contributed by atoms with Crippen LogP contribution < -0.4 is 21.1 Å². The Morgan fingerprint density at radius 2 is 1.82 bits per heavy atom. The Balaban J connectivity index is 1.30. The molecule has 38 heavy (non-hydrogen) atoms. The molecule has 2 amide bonds. The maximum absolute atomic E-state index is 13.1. The summed E-state index contributed by atoms with van der Waals surface area (Å²) in [7, 11) is 0. The zero-order valence-electron chi connectivity index (χ0n) is 20.7. The van der Waals surface area contributed by atoms with Gasteiger partial charge in [-0.1, -0.05) is 12.1 Å². The van der Waals surface area contributed by atoms with E-state index in [1.165, 1.54) is 0 Å². The summed E-state index contributed by atoms with van der Waals surface area (Å²) >= 11 is 1.59. The van der Waals surface area contributed by atoms with Crippen LogP contribution in [0.15, 0.2) is 83.2 Å². The number of fused-ring (bicyclic) bond motifs is 4. The van der Waals surface area contributed by atoms with Crippen molar-refractivity contribution in [1.82, 2.24) is 14.9 Å². The fourth-order valence-corrected chi connectivity index (χ4v) is 6.17. The molecule has 4 aromatic rings. The third-order valence-electron chi connectivity index (χ3n) is 7.27. The quantitative estimate of drug-likeness (QED) is 0.395. The smallest absolute Gasteiger partial charge is 0.255 e. The van der Waals surface area contributed by atoms with E-state index in [1.807, 2.05) is 46.3 Å². The van der Waals surface area contributed by atoms with Gasteiger partial charge in [0.2, 0.25) is 0 Å². The Morgan fingerprint density at radius 3 is 2.63 bits per heavy atom. The minimum Gasteiger partial charge on any atom is -0.369 e. The number of thiophene rings is 1. The van der Waals surface area contributed by atoms with Crippen LogP contribution in [0.25, 0.3) is 0 Å². The number of hydrogen-bond acceptors (Lipinski definition) is 6. The molecule has 8 nitrogen and oxygen atoms in total. The Labute approximate surface area is 224 Å². The van der Waals surface area contributed by atoms with Gasteiger partial charge in [-0.05, 0) is 60.2 Å². The summed E-state index contributed by atoms with van der Waals surface area (Å²) in [6.45, 7) is 2.62. The number of nitrogens with zero attached hydrogens (tertiary/aromatic N) is 3. The molecule has 9 heteroatoms. The van der Waals surface area contributed by atoms with Gasteiger partial charge in [0, 0.05) is 65.7 Å². The molecule has 0 aliphatic carbocycles. The number of benzene rings is 1. The molecule has 1 saturated heterocycles. The molecule has 2 aliphatic heterocycles. The van der Waals surface area contributed by atoms with E-state index in [9.17, 15) is 14.4 Å². The molecule has 1 aromatic carbocycles. The lowest BCUT2D eigenvalue weighted by Crippen LogP contribution is -2.47. The van der Waals surface area contributed by atoms with Crippen molar-refractivity contribution >= 4 is 34.5 Å². The number of aromatic nitrogens is 2. The standard InChI is InChI=1S/C29H27N5O3S/c35-27-5-1-4-25-22-13-19(17-34(25)27)16-33(18-22)26-7-6-21(28(36)31-15-23-3-2-12-38-23)14-24(26)32-29(37)20-8-10-30-11-9-20/h1-12,14,19,22H,13,15-18H2,(H,31,36)(H,32,37). The summed E-state index contributed by atoms with van der Waals surface area (Å²) in [5.74, 6) is 0.0693. The molecular formula is C29H27N5O3S. The third kappa shape index (κ3) is 4.84. The topological polar surface area (TPSA) is 96.3 Å². The predicted octanol–water partition coefficient (Wildman–Crippen LogP) is 4.11. The van der Waals surface area contributed by atoms with Crippen molar-refractivity contribution in [1.29, 1.82) is 0 Å². The first-order valence-electron chi connectivity index (χ1n) is 12.7. The van der Waals surface area contributed by atoms with Gasteiger partial charge in [0.1, 0.15) is 0 Å². The number of hydrogen-bond donors (Lipinski definition) is 2. The number of pyridine rings is 2. The van der Waals surface area contributed by atoms with Crippen molar-refractivity contribution in [2.24, 2.45) is 5.92 Å². The van der Waals surface area contributed by atoms with Crippen LogP contribution in [-0.4, -0.2) is 34.5 Å². The monoisotopic (exact) mass is 525 g/mol. The Bertz CT molecular complexity index is 1530. The van der Waals surface area contributed by atoms with Crippen molar-refractivity contribution in [2.75, 3.05) is 23.3 Å². The number of carbonyl (C=O) groups excluding carboxylic acids is 2. The van der Waals surface area contributed by atoms with Gasteiger partial charge in [-0.25, -0.2) is 0 Å². The molecule has 2 bridgehead atoms. The zero-order valence-corrected chi connectivity index (χ0v) is 21.5. The minimum atomic E-state index is -0.265. The maximum atomic E-state index is 13.1. The molecule has 0 radical (unpaired) electrons. The van der Waals surface area contributed by atoms with E-state index in [0.29, 0.717) is 35.8 Å².